The number of halogens is 2. The van der Waals surface area contributed by atoms with Gasteiger partial charge in [-0.15, -0.1) is 0 Å². The molecule has 13 nitrogen and oxygen atoms in total. The quantitative estimate of drug-likeness (QED) is 0.245. The third-order valence-corrected chi connectivity index (χ3v) is 2.00. The van der Waals surface area contributed by atoms with E-state index in [1.165, 1.54) is 49.0 Å². The molecule has 0 spiro atoms. The molecular formula is C16H31Cl2N9O4. The summed E-state index contributed by atoms with van der Waals surface area (Å²) in [5.41, 5.74) is 9.00. The van der Waals surface area contributed by atoms with E-state index in [4.69, 9.17) is 9.59 Å². The third-order valence-electron chi connectivity index (χ3n) is 2.00. The predicted molar refractivity (Wildman–Crippen MR) is 122 cm³/mol. The lowest BCUT2D eigenvalue weighted by atomic mass is 10.8. The van der Waals surface area contributed by atoms with Gasteiger partial charge in [-0.05, 0) is 37.3 Å². The van der Waals surface area contributed by atoms with E-state index >= 15 is 0 Å². The van der Waals surface area contributed by atoms with E-state index < -0.39 is 4.70 Å². The molecular weight excluding hydrogens is 453 g/mol. The molecule has 2 aromatic heterocycles. The lowest BCUT2D eigenvalue weighted by molar-refractivity contribution is 0.243. The van der Waals surface area contributed by atoms with Gasteiger partial charge in [-0.25, -0.2) is 29.3 Å². The van der Waals surface area contributed by atoms with Gasteiger partial charge in [0.25, 0.3) is 0 Å². The number of rotatable bonds is 0. The minimum atomic E-state index is -0.889. The lowest BCUT2D eigenvalue weighted by Gasteiger charge is -1.98. The van der Waals surface area contributed by atoms with Crippen molar-refractivity contribution >= 4 is 46.0 Å². The standard InChI is InChI=1S/C7H6N4O.C3H8N2O.C2H3NO.CCl2O.2CH5N.CH4/c12-7(10-3-1-8-5-10)11-4-2-9-6-11;1-4-3(6)5-2;1-3-2-4;2-1(3)4;2*1-2;/h1-6H;1-2H3,(H2,4,5,6);1H3;;2*2H2,1H3;1H4. The smallest absolute Gasteiger partial charge is 0.338 e. The Labute approximate surface area is 191 Å². The Bertz CT molecular complexity index is 644. The van der Waals surface area contributed by atoms with Gasteiger partial charge in [-0.1, -0.05) is 7.43 Å². The maximum absolute atomic E-state index is 11.4. The average molecular weight is 484 g/mol. The van der Waals surface area contributed by atoms with E-state index in [9.17, 15) is 9.59 Å². The molecule has 0 saturated heterocycles. The van der Waals surface area contributed by atoms with Crippen molar-refractivity contribution in [3.05, 3.63) is 37.4 Å². The first-order chi connectivity index (χ1) is 14.3. The number of carbonyl (C=O) groups excluding carboxylic acids is 4. The summed E-state index contributed by atoms with van der Waals surface area (Å²) in [5.74, 6) is 0. The number of aromatic nitrogens is 4. The Morgan fingerprint density at radius 2 is 1.23 bits per heavy atom. The zero-order valence-corrected chi connectivity index (χ0v) is 18.8. The molecule has 0 radical (unpaired) electrons. The summed E-state index contributed by atoms with van der Waals surface area (Å²) in [7, 11) is 7.52. The number of amides is 2. The SMILES string of the molecule is C.CN.CN.CN=C=O.CNC(=O)NC.O=C(Cl)Cl.O=C(n1ccnc1)n1ccnc1. The lowest BCUT2D eigenvalue weighted by Crippen LogP contribution is -2.28. The maximum Gasteiger partial charge on any atom is 0.338 e. The molecule has 0 aliphatic carbocycles. The van der Waals surface area contributed by atoms with Crippen LogP contribution in [0.25, 0.3) is 0 Å². The average Bonchev–Trinajstić information content (AvgIpc) is 3.50. The van der Waals surface area contributed by atoms with E-state index in [1.807, 2.05) is 0 Å². The van der Waals surface area contributed by atoms with E-state index in [-0.39, 0.29) is 19.5 Å². The maximum atomic E-state index is 11.4. The first-order valence-corrected chi connectivity index (χ1v) is 8.46. The highest BCUT2D eigenvalue weighted by atomic mass is 35.5. The van der Waals surface area contributed by atoms with Gasteiger partial charge in [0.1, 0.15) is 12.7 Å². The molecule has 0 bridgehead atoms. The van der Waals surface area contributed by atoms with Crippen molar-refractivity contribution in [3.8, 4) is 0 Å². The number of imidazole rings is 2. The third kappa shape index (κ3) is 29.2. The number of nitrogens with one attached hydrogen (secondary N) is 2. The highest BCUT2D eigenvalue weighted by Gasteiger charge is 2.03. The molecule has 6 N–H and O–H groups in total. The van der Waals surface area contributed by atoms with Crippen LogP contribution in [0.4, 0.5) is 14.4 Å². The summed E-state index contributed by atoms with van der Waals surface area (Å²) in [6.45, 7) is 0. The number of nitrogens with zero attached hydrogens (tertiary/aromatic N) is 5. The Hall–Kier alpha value is -3.09. The second kappa shape index (κ2) is 31.6. The van der Waals surface area contributed by atoms with Gasteiger partial charge in [0.05, 0.1) is 0 Å². The summed E-state index contributed by atoms with van der Waals surface area (Å²) in [6.07, 6.45) is 10.5. The van der Waals surface area contributed by atoms with Crippen LogP contribution in [0.3, 0.4) is 0 Å². The van der Waals surface area contributed by atoms with Crippen LogP contribution < -0.4 is 22.1 Å². The van der Waals surface area contributed by atoms with Crippen molar-refractivity contribution in [1.82, 2.24) is 29.7 Å². The molecule has 2 amide bonds. The van der Waals surface area contributed by atoms with Crippen LogP contribution >= 0.6 is 23.2 Å². The second-order valence-corrected chi connectivity index (χ2v) is 4.47. The van der Waals surface area contributed by atoms with Crippen molar-refractivity contribution in [2.24, 2.45) is 16.5 Å². The summed E-state index contributed by atoms with van der Waals surface area (Å²) < 4.78 is 1.86. The number of nitrogens with two attached hydrogens (primary N) is 2. The monoisotopic (exact) mass is 483 g/mol. The molecule has 31 heavy (non-hydrogen) atoms. The van der Waals surface area contributed by atoms with Gasteiger partial charge in [-0.2, -0.15) is 0 Å². The van der Waals surface area contributed by atoms with Crippen molar-refractivity contribution in [1.29, 1.82) is 0 Å². The highest BCUT2D eigenvalue weighted by molar-refractivity contribution is 6.93. The van der Waals surface area contributed by atoms with E-state index in [0.717, 1.165) is 0 Å². The number of aliphatic imine (C=N–C) groups is 1. The highest BCUT2D eigenvalue weighted by Crippen LogP contribution is 1.92. The Balaban J connectivity index is -0.000000102. The Kier molecular flexibility index (Phi) is 39.3. The number of hydrogen-bond acceptors (Lipinski definition) is 9. The Morgan fingerprint density at radius 3 is 1.35 bits per heavy atom. The number of urea groups is 1. The van der Waals surface area contributed by atoms with Gasteiger partial charge in [0, 0.05) is 45.9 Å². The molecule has 0 saturated carbocycles. The molecule has 178 valence electrons. The zero-order chi connectivity index (χ0) is 24.4. The molecule has 15 heteroatoms. The summed E-state index contributed by atoms with van der Waals surface area (Å²) in [5, 5.41) is 4.73. The fourth-order valence-corrected chi connectivity index (χ4v) is 1.00. The van der Waals surface area contributed by atoms with Gasteiger partial charge in [0.15, 0.2) is 0 Å². The molecule has 0 unspecified atom stereocenters. The van der Waals surface area contributed by atoms with E-state index in [2.05, 4.69) is 60.3 Å². The minimum Gasteiger partial charge on any atom is -0.341 e. The minimum absolute atomic E-state index is 0. The molecule has 0 aliphatic heterocycles. The van der Waals surface area contributed by atoms with Crippen LogP contribution in [-0.4, -0.2) is 77.2 Å². The predicted octanol–water partition coefficient (Wildman–Crippen LogP) is 1.46. The van der Waals surface area contributed by atoms with Gasteiger partial charge in [-0.3, -0.25) is 13.9 Å². The Morgan fingerprint density at radius 1 is 0.935 bits per heavy atom. The molecule has 0 aliphatic rings. The van der Waals surface area contributed by atoms with Crippen molar-refractivity contribution in [3.63, 3.8) is 0 Å². The van der Waals surface area contributed by atoms with Crippen molar-refractivity contribution < 1.29 is 19.2 Å². The van der Waals surface area contributed by atoms with Crippen LogP contribution in [-0.2, 0) is 4.79 Å². The zero-order valence-electron chi connectivity index (χ0n) is 17.2. The molecule has 0 aromatic carbocycles. The largest absolute Gasteiger partial charge is 0.341 e. The fraction of sp³-hybridized carbons (Fsp3) is 0.375. The second-order valence-electron chi connectivity index (χ2n) is 3.59. The van der Waals surface area contributed by atoms with Crippen LogP contribution in [0.1, 0.15) is 7.43 Å². The molecule has 2 aromatic rings. The van der Waals surface area contributed by atoms with Crippen molar-refractivity contribution in [2.75, 3.05) is 35.2 Å². The molecule has 2 heterocycles. The van der Waals surface area contributed by atoms with Crippen molar-refractivity contribution in [2.45, 2.75) is 7.43 Å². The van der Waals surface area contributed by atoms with Crippen LogP contribution in [0, 0.1) is 0 Å². The first kappa shape index (κ1) is 38.5. The topological polar surface area (TPSA) is 192 Å². The number of carbonyl (C=O) groups is 3. The van der Waals surface area contributed by atoms with Gasteiger partial charge >= 0.3 is 16.8 Å². The van der Waals surface area contributed by atoms with Crippen LogP contribution in [0.5, 0.6) is 0 Å². The van der Waals surface area contributed by atoms with E-state index in [1.54, 1.807) is 38.9 Å². The van der Waals surface area contributed by atoms with Gasteiger partial charge < -0.3 is 22.1 Å². The molecule has 0 atom stereocenters. The van der Waals surface area contributed by atoms with Crippen LogP contribution in [0.15, 0.2) is 42.4 Å². The fourth-order valence-electron chi connectivity index (χ4n) is 1.00. The summed E-state index contributed by atoms with van der Waals surface area (Å²) >= 11 is 8.80. The normalized spacial score (nSPS) is 7.00. The number of isocyanates is 1. The summed E-state index contributed by atoms with van der Waals surface area (Å²) in [4.78, 5) is 49.7. The first-order valence-electron chi connectivity index (χ1n) is 7.70. The van der Waals surface area contributed by atoms with E-state index in [0.29, 0.717) is 0 Å². The molecule has 2 rings (SSSR count). The number of hydrogen-bond donors (Lipinski definition) is 4. The van der Waals surface area contributed by atoms with Crippen LogP contribution in [0.2, 0.25) is 0 Å². The van der Waals surface area contributed by atoms with Gasteiger partial charge in [0.2, 0.25) is 6.08 Å². The summed E-state index contributed by atoms with van der Waals surface area (Å²) in [6, 6.07) is -0.347. The molecule has 0 fully saturated rings.